The van der Waals surface area contributed by atoms with Gasteiger partial charge in [0, 0.05) is 20.7 Å². The van der Waals surface area contributed by atoms with Gasteiger partial charge in [-0.1, -0.05) is 62.9 Å². The van der Waals surface area contributed by atoms with E-state index in [0.29, 0.717) is 37.8 Å². The molecule has 1 heterocycles. The number of hydrogen-bond donors (Lipinski definition) is 1. The SMILES string of the molecule is Cc1cc(Br)ccc1NC(=O)c1nc(-c2cccc(Cl)c2)n(-c2ccc(Cl)c(Cl)c2)n1. The maximum atomic E-state index is 12.9. The first-order valence-corrected chi connectivity index (χ1v) is 11.0. The van der Waals surface area contributed by atoms with Crippen molar-refractivity contribution < 1.29 is 4.79 Å². The van der Waals surface area contributed by atoms with E-state index in [2.05, 4.69) is 31.3 Å². The van der Waals surface area contributed by atoms with Crippen molar-refractivity contribution in [3.8, 4) is 17.1 Å². The molecule has 0 fully saturated rings. The largest absolute Gasteiger partial charge is 0.319 e. The summed E-state index contributed by atoms with van der Waals surface area (Å²) in [6.07, 6.45) is 0. The Morgan fingerprint density at radius 2 is 1.81 bits per heavy atom. The fourth-order valence-corrected chi connectivity index (χ4v) is 3.92. The van der Waals surface area contributed by atoms with Gasteiger partial charge in [-0.15, -0.1) is 5.10 Å². The number of nitrogens with one attached hydrogen (secondary N) is 1. The van der Waals surface area contributed by atoms with Crippen LogP contribution in [0.5, 0.6) is 0 Å². The lowest BCUT2D eigenvalue weighted by Gasteiger charge is -2.07. The second-order valence-corrected chi connectivity index (χ2v) is 8.86. The van der Waals surface area contributed by atoms with Crippen LogP contribution in [0.15, 0.2) is 65.1 Å². The maximum Gasteiger partial charge on any atom is 0.295 e. The number of aryl methyl sites for hydroxylation is 1. The Morgan fingerprint density at radius 1 is 1.00 bits per heavy atom. The molecular formula is C22H14BrCl3N4O. The zero-order valence-corrected chi connectivity index (χ0v) is 19.9. The minimum absolute atomic E-state index is 0.00312. The van der Waals surface area contributed by atoms with Gasteiger partial charge in [0.25, 0.3) is 5.91 Å². The fraction of sp³-hybridized carbons (Fsp3) is 0.0455. The minimum atomic E-state index is -0.437. The number of carbonyl (C=O) groups is 1. The summed E-state index contributed by atoms with van der Waals surface area (Å²) in [5.74, 6) is 0.00875. The molecule has 0 spiro atoms. The lowest BCUT2D eigenvalue weighted by molar-refractivity contribution is 0.101. The van der Waals surface area contributed by atoms with Crippen LogP contribution >= 0.6 is 50.7 Å². The average molecular weight is 537 g/mol. The van der Waals surface area contributed by atoms with Crippen LogP contribution in [0.2, 0.25) is 15.1 Å². The van der Waals surface area contributed by atoms with Crippen LogP contribution < -0.4 is 5.32 Å². The smallest absolute Gasteiger partial charge is 0.295 e. The highest BCUT2D eigenvalue weighted by Gasteiger charge is 2.20. The molecule has 0 unspecified atom stereocenters. The number of carbonyl (C=O) groups excluding carboxylic acids is 1. The molecule has 5 nitrogen and oxygen atoms in total. The second-order valence-electron chi connectivity index (χ2n) is 6.69. The number of anilines is 1. The molecule has 1 N–H and O–H groups in total. The number of rotatable bonds is 4. The first-order valence-electron chi connectivity index (χ1n) is 9.08. The number of hydrogen-bond acceptors (Lipinski definition) is 3. The number of aromatic nitrogens is 3. The predicted octanol–water partition coefficient (Wildman–Crippen LogP) is 7.22. The molecule has 0 aliphatic heterocycles. The zero-order valence-electron chi connectivity index (χ0n) is 16.0. The molecule has 0 radical (unpaired) electrons. The van der Waals surface area contributed by atoms with Gasteiger partial charge >= 0.3 is 0 Å². The van der Waals surface area contributed by atoms with Gasteiger partial charge in [-0.05, 0) is 61.0 Å². The Hall–Kier alpha value is -2.38. The third-order valence-corrected chi connectivity index (χ3v) is 5.94. The van der Waals surface area contributed by atoms with Crippen molar-refractivity contribution in [2.75, 3.05) is 5.32 Å². The van der Waals surface area contributed by atoms with Gasteiger partial charge in [0.2, 0.25) is 5.82 Å². The molecule has 0 saturated carbocycles. The standard InChI is InChI=1S/C22H14BrCl3N4O/c1-12-9-14(23)5-8-19(12)27-22(31)20-28-21(13-3-2-4-15(24)10-13)30(29-20)16-6-7-17(25)18(26)11-16/h2-11H,1H3,(H,27,31). The number of benzene rings is 3. The third kappa shape index (κ3) is 4.77. The quantitative estimate of drug-likeness (QED) is 0.300. The third-order valence-electron chi connectivity index (χ3n) is 4.48. The van der Waals surface area contributed by atoms with E-state index in [9.17, 15) is 4.79 Å². The van der Waals surface area contributed by atoms with Crippen molar-refractivity contribution in [3.63, 3.8) is 0 Å². The molecule has 1 aromatic heterocycles. The Balaban J connectivity index is 1.78. The summed E-state index contributed by atoms with van der Waals surface area (Å²) in [4.78, 5) is 17.4. The van der Waals surface area contributed by atoms with Gasteiger partial charge in [0.1, 0.15) is 0 Å². The highest BCUT2D eigenvalue weighted by Crippen LogP contribution is 2.28. The number of amides is 1. The van der Waals surface area contributed by atoms with E-state index in [4.69, 9.17) is 34.8 Å². The Labute approximate surface area is 202 Å². The molecule has 0 bridgehead atoms. The first kappa shape index (κ1) is 21.8. The van der Waals surface area contributed by atoms with E-state index in [1.807, 2.05) is 31.2 Å². The predicted molar refractivity (Wildman–Crippen MR) is 129 cm³/mol. The van der Waals surface area contributed by atoms with Crippen molar-refractivity contribution >= 4 is 62.3 Å². The normalized spacial score (nSPS) is 10.9. The monoisotopic (exact) mass is 534 g/mol. The molecule has 156 valence electrons. The van der Waals surface area contributed by atoms with Crippen LogP contribution in [0.3, 0.4) is 0 Å². The van der Waals surface area contributed by atoms with Gasteiger partial charge in [-0.3, -0.25) is 4.79 Å². The second kappa shape index (κ2) is 9.01. The highest BCUT2D eigenvalue weighted by atomic mass is 79.9. The lowest BCUT2D eigenvalue weighted by atomic mass is 10.2. The maximum absolute atomic E-state index is 12.9. The van der Waals surface area contributed by atoms with Gasteiger partial charge < -0.3 is 5.32 Å². The number of halogens is 4. The molecule has 9 heteroatoms. The van der Waals surface area contributed by atoms with E-state index in [0.717, 1.165) is 10.0 Å². The van der Waals surface area contributed by atoms with E-state index >= 15 is 0 Å². The van der Waals surface area contributed by atoms with E-state index in [1.165, 1.54) is 4.68 Å². The molecule has 31 heavy (non-hydrogen) atoms. The summed E-state index contributed by atoms with van der Waals surface area (Å²) in [6, 6.07) is 17.8. The van der Waals surface area contributed by atoms with Crippen molar-refractivity contribution in [1.29, 1.82) is 0 Å². The Morgan fingerprint density at radius 3 is 2.52 bits per heavy atom. The van der Waals surface area contributed by atoms with Crippen molar-refractivity contribution in [1.82, 2.24) is 14.8 Å². The molecule has 1 amide bonds. The van der Waals surface area contributed by atoms with Crippen LogP contribution in [0, 0.1) is 6.92 Å². The van der Waals surface area contributed by atoms with Crippen LogP contribution in [-0.4, -0.2) is 20.7 Å². The van der Waals surface area contributed by atoms with Crippen LogP contribution in [-0.2, 0) is 0 Å². The summed E-state index contributed by atoms with van der Waals surface area (Å²) < 4.78 is 2.46. The average Bonchev–Trinajstić information content (AvgIpc) is 3.18. The summed E-state index contributed by atoms with van der Waals surface area (Å²) in [5.41, 5.74) is 2.88. The molecule has 3 aromatic carbocycles. The van der Waals surface area contributed by atoms with Gasteiger partial charge in [0.05, 0.1) is 15.7 Å². The summed E-state index contributed by atoms with van der Waals surface area (Å²) >= 11 is 21.8. The van der Waals surface area contributed by atoms with Crippen molar-refractivity contribution in [3.05, 3.63) is 91.6 Å². The van der Waals surface area contributed by atoms with Gasteiger partial charge in [-0.2, -0.15) is 0 Å². The van der Waals surface area contributed by atoms with E-state index in [1.54, 1.807) is 36.4 Å². The number of nitrogens with zero attached hydrogens (tertiary/aromatic N) is 3. The highest BCUT2D eigenvalue weighted by molar-refractivity contribution is 9.10. The van der Waals surface area contributed by atoms with Crippen LogP contribution in [0.1, 0.15) is 16.2 Å². The van der Waals surface area contributed by atoms with Gasteiger partial charge in [0.15, 0.2) is 5.82 Å². The molecule has 0 aliphatic carbocycles. The van der Waals surface area contributed by atoms with Crippen molar-refractivity contribution in [2.24, 2.45) is 0 Å². The first-order chi connectivity index (χ1) is 14.8. The van der Waals surface area contributed by atoms with Gasteiger partial charge in [-0.25, -0.2) is 9.67 Å². The molecular weight excluding hydrogens is 523 g/mol. The Kier molecular flexibility index (Phi) is 6.34. The zero-order chi connectivity index (χ0) is 22.1. The van der Waals surface area contributed by atoms with Crippen LogP contribution in [0.4, 0.5) is 5.69 Å². The fourth-order valence-electron chi connectivity index (χ4n) is 2.97. The lowest BCUT2D eigenvalue weighted by Crippen LogP contribution is -2.15. The Bertz CT molecular complexity index is 1310. The summed E-state index contributed by atoms with van der Waals surface area (Å²) in [5, 5.41) is 8.62. The molecule has 0 atom stereocenters. The molecule has 0 saturated heterocycles. The van der Waals surface area contributed by atoms with E-state index in [-0.39, 0.29) is 5.82 Å². The summed E-state index contributed by atoms with van der Waals surface area (Å²) in [7, 11) is 0. The van der Waals surface area contributed by atoms with Crippen LogP contribution in [0.25, 0.3) is 17.1 Å². The van der Waals surface area contributed by atoms with Crippen molar-refractivity contribution in [2.45, 2.75) is 6.92 Å². The van der Waals surface area contributed by atoms with E-state index < -0.39 is 5.91 Å². The minimum Gasteiger partial charge on any atom is -0.319 e. The molecule has 0 aliphatic rings. The molecule has 4 aromatic rings. The topological polar surface area (TPSA) is 59.8 Å². The summed E-state index contributed by atoms with van der Waals surface area (Å²) in [6.45, 7) is 1.90. The molecule has 4 rings (SSSR count).